The number of hydrogen-bond acceptors (Lipinski definition) is 3. The van der Waals surface area contributed by atoms with E-state index in [-0.39, 0.29) is 5.56 Å². The summed E-state index contributed by atoms with van der Waals surface area (Å²) in [6.07, 6.45) is 2.93. The lowest BCUT2D eigenvalue weighted by Crippen LogP contribution is -3.12. The van der Waals surface area contributed by atoms with Crippen LogP contribution in [0.15, 0.2) is 4.79 Å². The van der Waals surface area contributed by atoms with Crippen molar-refractivity contribution in [2.24, 2.45) is 0 Å². The number of fused-ring (bicyclic) bond motifs is 1. The first kappa shape index (κ1) is 10.8. The summed E-state index contributed by atoms with van der Waals surface area (Å²) in [5.41, 5.74) is 2.01. The van der Waals surface area contributed by atoms with Gasteiger partial charge in [-0.25, -0.2) is 4.98 Å². The lowest BCUT2D eigenvalue weighted by atomic mass is 10.2. The lowest BCUT2D eigenvalue weighted by molar-refractivity contribution is -0.880. The second kappa shape index (κ2) is 4.14. The maximum absolute atomic E-state index is 11.9. The number of hydrogen-bond donors (Lipinski definition) is 2. The van der Waals surface area contributed by atoms with Crippen molar-refractivity contribution in [3.05, 3.63) is 21.6 Å². The number of likely N-dealkylation sites (N-methyl/N-ethyl adjacent to an activating group) is 1. The van der Waals surface area contributed by atoms with Crippen molar-refractivity contribution in [3.8, 4) is 0 Å². The third-order valence-corrected chi connectivity index (χ3v) is 3.85. The Morgan fingerprint density at radius 1 is 1.29 bits per heavy atom. The third kappa shape index (κ3) is 1.95. The molecule has 0 saturated carbocycles. The molecular weight excluding hydrogens is 216 g/mol. The monoisotopic (exact) mass is 235 g/mol. The lowest BCUT2D eigenvalue weighted by Gasteiger charge is -2.30. The van der Waals surface area contributed by atoms with Crippen LogP contribution in [0.5, 0.6) is 0 Å². The van der Waals surface area contributed by atoms with E-state index in [1.165, 1.54) is 0 Å². The largest absolute Gasteiger partial charge is 0.334 e. The molecule has 1 aromatic heterocycles. The molecule has 1 fully saturated rings. The number of piperazine rings is 1. The van der Waals surface area contributed by atoms with Crippen molar-refractivity contribution in [2.75, 3.05) is 38.1 Å². The van der Waals surface area contributed by atoms with Gasteiger partial charge in [0.15, 0.2) is 0 Å². The minimum atomic E-state index is 0.0776. The Labute approximate surface area is 100 Å². The standard InChI is InChI=1S/C12H18N4O/c1-15-5-7-16(8-6-15)12-13-10-4-2-3-9(10)11(17)14-12/h2-8H2,1H3,(H,13,14,17)/p+1. The first-order chi connectivity index (χ1) is 8.24. The zero-order valence-electron chi connectivity index (χ0n) is 10.3. The number of anilines is 1. The van der Waals surface area contributed by atoms with E-state index in [4.69, 9.17) is 0 Å². The van der Waals surface area contributed by atoms with Crippen molar-refractivity contribution in [1.29, 1.82) is 0 Å². The van der Waals surface area contributed by atoms with E-state index >= 15 is 0 Å². The third-order valence-electron chi connectivity index (χ3n) is 3.85. The van der Waals surface area contributed by atoms with Crippen molar-refractivity contribution >= 4 is 5.95 Å². The number of H-pyrrole nitrogens is 1. The maximum atomic E-state index is 11.9. The van der Waals surface area contributed by atoms with Gasteiger partial charge in [0.25, 0.3) is 5.56 Å². The van der Waals surface area contributed by atoms with Crippen LogP contribution in [-0.2, 0) is 12.8 Å². The second-order valence-electron chi connectivity index (χ2n) is 5.11. The van der Waals surface area contributed by atoms with E-state index in [0.29, 0.717) is 0 Å². The molecule has 0 spiro atoms. The van der Waals surface area contributed by atoms with Crippen molar-refractivity contribution in [1.82, 2.24) is 9.97 Å². The van der Waals surface area contributed by atoms with Crippen LogP contribution >= 0.6 is 0 Å². The molecule has 2 N–H and O–H groups in total. The van der Waals surface area contributed by atoms with E-state index < -0.39 is 0 Å². The topological polar surface area (TPSA) is 53.4 Å². The highest BCUT2D eigenvalue weighted by Crippen LogP contribution is 2.18. The average molecular weight is 235 g/mol. The van der Waals surface area contributed by atoms with E-state index in [9.17, 15) is 4.79 Å². The Balaban J connectivity index is 1.89. The number of nitrogens with one attached hydrogen (secondary N) is 2. The highest BCUT2D eigenvalue weighted by molar-refractivity contribution is 5.35. The molecule has 5 heteroatoms. The molecule has 0 aromatic carbocycles. The quantitative estimate of drug-likeness (QED) is 0.629. The maximum Gasteiger partial charge on any atom is 0.255 e. The predicted octanol–water partition coefficient (Wildman–Crippen LogP) is -1.41. The molecule has 92 valence electrons. The van der Waals surface area contributed by atoms with Gasteiger partial charge in [-0.05, 0) is 19.3 Å². The summed E-state index contributed by atoms with van der Waals surface area (Å²) in [4.78, 5) is 23.2. The highest BCUT2D eigenvalue weighted by Gasteiger charge is 2.22. The van der Waals surface area contributed by atoms with Crippen LogP contribution in [0.3, 0.4) is 0 Å². The normalized spacial score (nSPS) is 20.6. The van der Waals surface area contributed by atoms with Gasteiger partial charge in [-0.15, -0.1) is 0 Å². The first-order valence-electron chi connectivity index (χ1n) is 6.42. The molecule has 0 amide bonds. The van der Waals surface area contributed by atoms with Gasteiger partial charge < -0.3 is 9.80 Å². The zero-order chi connectivity index (χ0) is 11.8. The van der Waals surface area contributed by atoms with E-state index in [2.05, 4.69) is 21.9 Å². The molecule has 0 bridgehead atoms. The van der Waals surface area contributed by atoms with Gasteiger partial charge in [-0.2, -0.15) is 0 Å². The molecule has 3 rings (SSSR count). The number of aryl methyl sites for hydroxylation is 1. The fourth-order valence-corrected chi connectivity index (χ4v) is 2.68. The van der Waals surface area contributed by atoms with Crippen molar-refractivity contribution in [2.45, 2.75) is 19.3 Å². The van der Waals surface area contributed by atoms with Gasteiger partial charge in [0.1, 0.15) is 0 Å². The van der Waals surface area contributed by atoms with E-state index in [1.54, 1.807) is 4.90 Å². The van der Waals surface area contributed by atoms with Crippen LogP contribution in [0.25, 0.3) is 0 Å². The number of aromatic amines is 1. The van der Waals surface area contributed by atoms with Crippen LogP contribution in [0.4, 0.5) is 5.95 Å². The molecule has 2 aliphatic rings. The molecule has 0 atom stereocenters. The summed E-state index contributed by atoms with van der Waals surface area (Å²) in [6, 6.07) is 0. The average Bonchev–Trinajstić information content (AvgIpc) is 2.78. The Kier molecular flexibility index (Phi) is 2.63. The van der Waals surface area contributed by atoms with Gasteiger partial charge >= 0.3 is 0 Å². The molecule has 1 aromatic rings. The van der Waals surface area contributed by atoms with Gasteiger partial charge in [-0.3, -0.25) is 9.78 Å². The Bertz CT molecular complexity index is 474. The summed E-state index contributed by atoms with van der Waals surface area (Å²) in [6.45, 7) is 4.18. The Hall–Kier alpha value is -1.36. The van der Waals surface area contributed by atoms with Crippen LogP contribution in [-0.4, -0.2) is 43.2 Å². The highest BCUT2D eigenvalue weighted by atomic mass is 16.1. The summed E-state index contributed by atoms with van der Waals surface area (Å²) in [5, 5.41) is 0. The summed E-state index contributed by atoms with van der Waals surface area (Å²) >= 11 is 0. The molecule has 17 heavy (non-hydrogen) atoms. The second-order valence-corrected chi connectivity index (χ2v) is 5.11. The molecule has 0 unspecified atom stereocenters. The minimum Gasteiger partial charge on any atom is -0.334 e. The fourth-order valence-electron chi connectivity index (χ4n) is 2.68. The zero-order valence-corrected chi connectivity index (χ0v) is 10.3. The predicted molar refractivity (Wildman–Crippen MR) is 65.7 cm³/mol. The van der Waals surface area contributed by atoms with Gasteiger partial charge in [0.05, 0.1) is 38.9 Å². The smallest absolute Gasteiger partial charge is 0.255 e. The summed E-state index contributed by atoms with van der Waals surface area (Å²) in [5.74, 6) is 0.781. The number of nitrogens with zero attached hydrogens (tertiary/aromatic N) is 2. The SMILES string of the molecule is C[NH+]1CCN(c2nc3c(c(=O)[nH]2)CCC3)CC1. The minimum absolute atomic E-state index is 0.0776. The van der Waals surface area contributed by atoms with Crippen LogP contribution < -0.4 is 15.4 Å². The molecular formula is C12H19N4O+. The van der Waals surface area contributed by atoms with E-state index in [0.717, 1.165) is 62.6 Å². The number of rotatable bonds is 1. The molecule has 1 aliphatic carbocycles. The van der Waals surface area contributed by atoms with Crippen molar-refractivity contribution < 1.29 is 4.90 Å². The molecule has 1 aliphatic heterocycles. The summed E-state index contributed by atoms with van der Waals surface area (Å²) in [7, 11) is 2.20. The first-order valence-corrected chi connectivity index (χ1v) is 6.42. The van der Waals surface area contributed by atoms with Gasteiger partial charge in [0, 0.05) is 5.56 Å². The summed E-state index contributed by atoms with van der Waals surface area (Å²) < 4.78 is 0. The van der Waals surface area contributed by atoms with Gasteiger partial charge in [-0.1, -0.05) is 0 Å². The van der Waals surface area contributed by atoms with E-state index in [1.807, 2.05) is 0 Å². The molecule has 0 radical (unpaired) electrons. The number of quaternary nitrogens is 1. The van der Waals surface area contributed by atoms with Crippen LogP contribution in [0, 0.1) is 0 Å². The Morgan fingerprint density at radius 3 is 2.82 bits per heavy atom. The van der Waals surface area contributed by atoms with Crippen molar-refractivity contribution in [3.63, 3.8) is 0 Å². The number of aromatic nitrogens is 2. The Morgan fingerprint density at radius 2 is 2.06 bits per heavy atom. The molecule has 5 nitrogen and oxygen atoms in total. The van der Waals surface area contributed by atoms with Crippen LogP contribution in [0.2, 0.25) is 0 Å². The fraction of sp³-hybridized carbons (Fsp3) is 0.667. The molecule has 1 saturated heterocycles. The van der Waals surface area contributed by atoms with Gasteiger partial charge in [0.2, 0.25) is 5.95 Å². The molecule has 2 heterocycles. The van der Waals surface area contributed by atoms with Crippen LogP contribution in [0.1, 0.15) is 17.7 Å².